The Balaban J connectivity index is 2.62. The summed E-state index contributed by atoms with van der Waals surface area (Å²) in [5.41, 5.74) is -0.367. The van der Waals surface area contributed by atoms with Crippen molar-refractivity contribution in [2.24, 2.45) is 0 Å². The van der Waals surface area contributed by atoms with Gasteiger partial charge in [0, 0.05) is 5.56 Å². The molecule has 1 heterocycles. The van der Waals surface area contributed by atoms with E-state index in [9.17, 15) is 18.0 Å². The van der Waals surface area contributed by atoms with E-state index in [2.05, 4.69) is 4.98 Å². The fourth-order valence-corrected chi connectivity index (χ4v) is 1.69. The first-order valence-corrected chi connectivity index (χ1v) is 5.30. The first-order valence-electron chi connectivity index (χ1n) is 5.30. The number of halogens is 3. The van der Waals surface area contributed by atoms with Crippen LogP contribution in [0.4, 0.5) is 13.2 Å². The number of rotatable bonds is 3. The van der Waals surface area contributed by atoms with Gasteiger partial charge in [0.15, 0.2) is 11.6 Å². The highest BCUT2D eigenvalue weighted by Crippen LogP contribution is 2.26. The maximum absolute atomic E-state index is 13.7. The fourth-order valence-electron chi connectivity index (χ4n) is 1.69. The second kappa shape index (κ2) is 5.09. The molecule has 2 aromatic rings. The Morgan fingerprint density at radius 3 is 2.58 bits per heavy atom. The highest BCUT2D eigenvalue weighted by molar-refractivity contribution is 5.75. The van der Waals surface area contributed by atoms with Crippen molar-refractivity contribution in [3.63, 3.8) is 0 Å². The Labute approximate surface area is 106 Å². The van der Waals surface area contributed by atoms with Crippen LogP contribution in [0.2, 0.25) is 0 Å². The summed E-state index contributed by atoms with van der Waals surface area (Å²) >= 11 is 0. The second-order valence-electron chi connectivity index (χ2n) is 3.81. The van der Waals surface area contributed by atoms with E-state index in [0.717, 1.165) is 12.1 Å². The number of aliphatic carboxylic acids is 1. The third-order valence-electron chi connectivity index (χ3n) is 2.49. The number of carboxylic acids is 1. The lowest BCUT2D eigenvalue weighted by Crippen LogP contribution is -2.05. The number of benzene rings is 1. The number of carbonyl (C=O) groups is 1. The van der Waals surface area contributed by atoms with Gasteiger partial charge in [-0.25, -0.2) is 13.8 Å². The lowest BCUT2D eigenvalue weighted by atomic mass is 10.0. The standard InChI is InChI=1S/C13H8F3NO2/c14-9-3-1-2-8(12(9)16)13-7(6-11(18)19)4-5-10(15)17-13/h1-5H,6H2,(H,18,19). The largest absolute Gasteiger partial charge is 0.481 e. The minimum absolute atomic E-state index is 0.110. The summed E-state index contributed by atoms with van der Waals surface area (Å²) in [5, 5.41) is 8.74. The molecule has 0 unspecified atom stereocenters. The van der Waals surface area contributed by atoms with Gasteiger partial charge in [-0.3, -0.25) is 4.79 Å². The van der Waals surface area contributed by atoms with Crippen LogP contribution in [0.3, 0.4) is 0 Å². The number of nitrogens with zero attached hydrogens (tertiary/aromatic N) is 1. The lowest BCUT2D eigenvalue weighted by molar-refractivity contribution is -0.136. The van der Waals surface area contributed by atoms with Crippen molar-refractivity contribution < 1.29 is 23.1 Å². The van der Waals surface area contributed by atoms with Crippen molar-refractivity contribution >= 4 is 5.97 Å². The number of aromatic nitrogens is 1. The molecule has 98 valence electrons. The van der Waals surface area contributed by atoms with E-state index in [1.807, 2.05) is 0 Å². The number of hydrogen-bond donors (Lipinski definition) is 1. The predicted molar refractivity (Wildman–Crippen MR) is 60.9 cm³/mol. The van der Waals surface area contributed by atoms with Gasteiger partial charge in [0.2, 0.25) is 5.95 Å². The average molecular weight is 267 g/mol. The Hall–Kier alpha value is -2.37. The Morgan fingerprint density at radius 2 is 1.89 bits per heavy atom. The molecule has 1 N–H and O–H groups in total. The summed E-state index contributed by atoms with van der Waals surface area (Å²) in [6, 6.07) is 5.53. The molecule has 0 radical (unpaired) electrons. The van der Waals surface area contributed by atoms with Gasteiger partial charge in [0.25, 0.3) is 0 Å². The van der Waals surface area contributed by atoms with Crippen molar-refractivity contribution in [2.45, 2.75) is 6.42 Å². The van der Waals surface area contributed by atoms with Crippen LogP contribution < -0.4 is 0 Å². The summed E-state index contributed by atoms with van der Waals surface area (Å²) in [6.45, 7) is 0. The van der Waals surface area contributed by atoms with Gasteiger partial charge >= 0.3 is 5.97 Å². The van der Waals surface area contributed by atoms with Crippen LogP contribution >= 0.6 is 0 Å². The molecule has 0 bridgehead atoms. The molecule has 1 aromatic carbocycles. The molecule has 6 heteroatoms. The van der Waals surface area contributed by atoms with Crippen LogP contribution in [0.25, 0.3) is 11.3 Å². The summed E-state index contributed by atoms with van der Waals surface area (Å²) in [4.78, 5) is 14.2. The van der Waals surface area contributed by atoms with E-state index in [-0.39, 0.29) is 16.8 Å². The van der Waals surface area contributed by atoms with Crippen LogP contribution in [-0.2, 0) is 11.2 Å². The van der Waals surface area contributed by atoms with Crippen molar-refractivity contribution in [2.75, 3.05) is 0 Å². The van der Waals surface area contributed by atoms with Crippen LogP contribution in [0, 0.1) is 17.6 Å². The van der Waals surface area contributed by atoms with Crippen LogP contribution in [-0.4, -0.2) is 16.1 Å². The monoisotopic (exact) mass is 267 g/mol. The van der Waals surface area contributed by atoms with Gasteiger partial charge in [-0.1, -0.05) is 12.1 Å². The zero-order valence-corrected chi connectivity index (χ0v) is 9.53. The Bertz CT molecular complexity index is 644. The van der Waals surface area contributed by atoms with Crippen molar-refractivity contribution in [3.05, 3.63) is 53.5 Å². The molecule has 3 nitrogen and oxygen atoms in total. The van der Waals surface area contributed by atoms with Gasteiger partial charge < -0.3 is 5.11 Å². The summed E-state index contributed by atoms with van der Waals surface area (Å²) in [5.74, 6) is -4.36. The molecule has 0 fully saturated rings. The smallest absolute Gasteiger partial charge is 0.307 e. The molecule has 0 saturated carbocycles. The van der Waals surface area contributed by atoms with Crippen molar-refractivity contribution in [3.8, 4) is 11.3 Å². The van der Waals surface area contributed by atoms with Crippen LogP contribution in [0.15, 0.2) is 30.3 Å². The summed E-state index contributed by atoms with van der Waals surface area (Å²) in [7, 11) is 0. The first kappa shape index (κ1) is 13.1. The van der Waals surface area contributed by atoms with E-state index >= 15 is 0 Å². The zero-order chi connectivity index (χ0) is 14.0. The van der Waals surface area contributed by atoms with Crippen molar-refractivity contribution in [1.82, 2.24) is 4.98 Å². The highest BCUT2D eigenvalue weighted by atomic mass is 19.2. The van der Waals surface area contributed by atoms with E-state index in [0.29, 0.717) is 0 Å². The molecule has 0 spiro atoms. The molecule has 0 atom stereocenters. The minimum atomic E-state index is -1.19. The quantitative estimate of drug-likeness (QED) is 0.870. The summed E-state index contributed by atoms with van der Waals surface area (Å²) < 4.78 is 39.9. The fraction of sp³-hybridized carbons (Fsp3) is 0.0769. The molecule has 0 aliphatic rings. The molecular formula is C13H8F3NO2. The first-order chi connectivity index (χ1) is 8.99. The topological polar surface area (TPSA) is 50.2 Å². The van der Waals surface area contributed by atoms with E-state index in [1.165, 1.54) is 18.2 Å². The number of hydrogen-bond acceptors (Lipinski definition) is 2. The van der Waals surface area contributed by atoms with Gasteiger partial charge in [0.05, 0.1) is 12.1 Å². The number of carboxylic acid groups (broad SMARTS) is 1. The van der Waals surface area contributed by atoms with Gasteiger partial charge in [-0.05, 0) is 23.8 Å². The minimum Gasteiger partial charge on any atom is -0.481 e. The molecule has 0 amide bonds. The molecule has 0 aliphatic heterocycles. The van der Waals surface area contributed by atoms with E-state index in [1.54, 1.807) is 0 Å². The second-order valence-corrected chi connectivity index (χ2v) is 3.81. The van der Waals surface area contributed by atoms with Crippen LogP contribution in [0.5, 0.6) is 0 Å². The molecule has 2 rings (SSSR count). The normalized spacial score (nSPS) is 10.5. The summed E-state index contributed by atoms with van der Waals surface area (Å²) in [6.07, 6.45) is -0.460. The number of pyridine rings is 1. The van der Waals surface area contributed by atoms with Crippen LogP contribution in [0.1, 0.15) is 5.56 Å². The van der Waals surface area contributed by atoms with Gasteiger partial charge in [-0.15, -0.1) is 0 Å². The SMILES string of the molecule is O=C(O)Cc1ccc(F)nc1-c1cccc(F)c1F. The van der Waals surface area contributed by atoms with E-state index in [4.69, 9.17) is 5.11 Å². The molecule has 0 aliphatic carbocycles. The maximum Gasteiger partial charge on any atom is 0.307 e. The Morgan fingerprint density at radius 1 is 1.16 bits per heavy atom. The zero-order valence-electron chi connectivity index (χ0n) is 9.53. The highest BCUT2D eigenvalue weighted by Gasteiger charge is 2.17. The van der Waals surface area contributed by atoms with E-state index < -0.39 is 30.0 Å². The molecule has 1 aromatic heterocycles. The maximum atomic E-state index is 13.7. The average Bonchev–Trinajstić information content (AvgIpc) is 2.35. The van der Waals surface area contributed by atoms with Gasteiger partial charge in [-0.2, -0.15) is 4.39 Å². The van der Waals surface area contributed by atoms with Gasteiger partial charge in [0.1, 0.15) is 0 Å². The third-order valence-corrected chi connectivity index (χ3v) is 2.49. The van der Waals surface area contributed by atoms with Crippen molar-refractivity contribution in [1.29, 1.82) is 0 Å². The molecule has 19 heavy (non-hydrogen) atoms. The Kier molecular flexibility index (Phi) is 3.50. The predicted octanol–water partition coefficient (Wildman–Crippen LogP) is 2.79. The molecule has 0 saturated heterocycles. The lowest BCUT2D eigenvalue weighted by Gasteiger charge is -2.08. The molecular weight excluding hydrogens is 259 g/mol. The third kappa shape index (κ3) is 2.73.